The minimum Gasteiger partial charge on any atom is -0.336 e. The van der Waals surface area contributed by atoms with Crippen LogP contribution in [-0.4, -0.2) is 29.7 Å². The van der Waals surface area contributed by atoms with E-state index in [1.165, 1.54) is 6.92 Å². The Labute approximate surface area is 67.4 Å². The molecular weight excluding hydrogens is 142 g/mol. The van der Waals surface area contributed by atoms with Crippen LogP contribution >= 0.6 is 0 Å². The molecule has 11 heavy (non-hydrogen) atoms. The zero-order valence-corrected chi connectivity index (χ0v) is 7.39. The molecule has 0 aromatic rings. The number of hydrogen-bond donors (Lipinski definition) is 0. The Hall–Kier alpha value is -0.860. The van der Waals surface area contributed by atoms with Gasteiger partial charge in [0.05, 0.1) is 0 Å². The Morgan fingerprint density at radius 1 is 1.27 bits per heavy atom. The average molecular weight is 157 g/mol. The summed E-state index contributed by atoms with van der Waals surface area (Å²) in [4.78, 5) is 23.2. The van der Waals surface area contributed by atoms with Gasteiger partial charge in [-0.05, 0) is 13.3 Å². The molecule has 0 radical (unpaired) electrons. The van der Waals surface area contributed by atoms with Crippen molar-refractivity contribution in [1.29, 1.82) is 0 Å². The number of amides is 1. The van der Waals surface area contributed by atoms with Crippen LogP contribution in [0.25, 0.3) is 0 Å². The van der Waals surface area contributed by atoms with Crippen molar-refractivity contribution in [2.45, 2.75) is 27.2 Å². The molecule has 3 heteroatoms. The average Bonchev–Trinajstić information content (AvgIpc) is 1.98. The third kappa shape index (κ3) is 3.16. The van der Waals surface area contributed by atoms with Gasteiger partial charge in [0, 0.05) is 20.0 Å². The second kappa shape index (κ2) is 4.88. The normalized spacial score (nSPS) is 9.36. The highest BCUT2D eigenvalue weighted by molar-refractivity contribution is 6.35. The molecule has 64 valence electrons. The molecule has 3 nitrogen and oxygen atoms in total. The van der Waals surface area contributed by atoms with Gasteiger partial charge >= 0.3 is 0 Å². The first-order valence-corrected chi connectivity index (χ1v) is 3.93. The van der Waals surface area contributed by atoms with Gasteiger partial charge in [-0.2, -0.15) is 0 Å². The first-order chi connectivity index (χ1) is 5.13. The van der Waals surface area contributed by atoms with Crippen molar-refractivity contribution in [2.24, 2.45) is 0 Å². The Bertz CT molecular complexity index is 154. The number of nitrogens with zero attached hydrogens (tertiary/aromatic N) is 1. The van der Waals surface area contributed by atoms with E-state index in [9.17, 15) is 9.59 Å². The maximum Gasteiger partial charge on any atom is 0.289 e. The highest BCUT2D eigenvalue weighted by Gasteiger charge is 2.14. The predicted molar refractivity (Wildman–Crippen MR) is 43.2 cm³/mol. The Morgan fingerprint density at radius 2 is 1.82 bits per heavy atom. The van der Waals surface area contributed by atoms with E-state index in [-0.39, 0.29) is 11.7 Å². The number of rotatable bonds is 4. The second-order valence-corrected chi connectivity index (χ2v) is 2.44. The maximum atomic E-state index is 11.0. The lowest BCUT2D eigenvalue weighted by molar-refractivity contribution is -0.143. The van der Waals surface area contributed by atoms with Gasteiger partial charge in [-0.15, -0.1) is 0 Å². The highest BCUT2D eigenvalue weighted by atomic mass is 16.2. The van der Waals surface area contributed by atoms with Crippen molar-refractivity contribution in [3.63, 3.8) is 0 Å². The summed E-state index contributed by atoms with van der Waals surface area (Å²) in [6.07, 6.45) is 0.896. The van der Waals surface area contributed by atoms with Crippen molar-refractivity contribution in [2.75, 3.05) is 13.1 Å². The van der Waals surface area contributed by atoms with Crippen molar-refractivity contribution >= 4 is 11.7 Å². The standard InChI is InChI=1S/C8H15NO2/c1-4-6-9(5-2)8(11)7(3)10/h4-6H2,1-3H3. The third-order valence-electron chi connectivity index (χ3n) is 1.46. The SMILES string of the molecule is CCCN(CC)C(=O)C(C)=O. The lowest BCUT2D eigenvalue weighted by Gasteiger charge is -2.17. The van der Waals surface area contributed by atoms with Crippen molar-refractivity contribution in [3.8, 4) is 0 Å². The molecular formula is C8H15NO2. The minimum absolute atomic E-state index is 0.366. The van der Waals surface area contributed by atoms with Gasteiger partial charge in [0.15, 0.2) is 0 Å². The Morgan fingerprint density at radius 3 is 2.09 bits per heavy atom. The van der Waals surface area contributed by atoms with Crippen LogP contribution in [0.15, 0.2) is 0 Å². The predicted octanol–water partition coefficient (Wildman–Crippen LogP) is 0.834. The number of hydrogen-bond acceptors (Lipinski definition) is 2. The number of carbonyl (C=O) groups is 2. The lowest BCUT2D eigenvalue weighted by Crippen LogP contribution is -2.35. The fourth-order valence-electron chi connectivity index (χ4n) is 0.896. The van der Waals surface area contributed by atoms with Crippen molar-refractivity contribution < 1.29 is 9.59 Å². The van der Waals surface area contributed by atoms with E-state index in [2.05, 4.69) is 0 Å². The number of carbonyl (C=O) groups excluding carboxylic acids is 2. The molecule has 0 spiro atoms. The quantitative estimate of drug-likeness (QED) is 0.567. The van der Waals surface area contributed by atoms with E-state index < -0.39 is 0 Å². The molecule has 0 aliphatic heterocycles. The molecule has 0 saturated carbocycles. The number of likely N-dealkylation sites (N-methyl/N-ethyl adjacent to an activating group) is 1. The molecule has 0 fully saturated rings. The van der Waals surface area contributed by atoms with Crippen molar-refractivity contribution in [1.82, 2.24) is 4.90 Å². The zero-order valence-electron chi connectivity index (χ0n) is 7.39. The summed E-state index contributed by atoms with van der Waals surface area (Å²) in [5, 5.41) is 0. The molecule has 0 heterocycles. The van der Waals surface area contributed by atoms with E-state index in [1.54, 1.807) is 4.90 Å². The van der Waals surface area contributed by atoms with E-state index in [4.69, 9.17) is 0 Å². The van der Waals surface area contributed by atoms with E-state index >= 15 is 0 Å². The first kappa shape index (κ1) is 10.1. The number of ketones is 1. The summed E-state index contributed by atoms with van der Waals surface area (Å²) in [5.41, 5.74) is 0. The van der Waals surface area contributed by atoms with Crippen LogP contribution < -0.4 is 0 Å². The monoisotopic (exact) mass is 157 g/mol. The van der Waals surface area contributed by atoms with Gasteiger partial charge in [-0.3, -0.25) is 9.59 Å². The molecule has 0 N–H and O–H groups in total. The Balaban J connectivity index is 4.02. The summed E-state index contributed by atoms with van der Waals surface area (Å²) in [6.45, 7) is 6.45. The zero-order chi connectivity index (χ0) is 8.85. The van der Waals surface area contributed by atoms with Gasteiger partial charge in [-0.25, -0.2) is 0 Å². The van der Waals surface area contributed by atoms with Crippen molar-refractivity contribution in [3.05, 3.63) is 0 Å². The van der Waals surface area contributed by atoms with E-state index in [0.717, 1.165) is 6.42 Å². The summed E-state index contributed by atoms with van der Waals surface area (Å²) in [6, 6.07) is 0. The summed E-state index contributed by atoms with van der Waals surface area (Å²) in [5.74, 6) is -0.741. The highest BCUT2D eigenvalue weighted by Crippen LogP contribution is 1.92. The number of Topliss-reactive ketones (excluding diaryl/α,β-unsaturated/α-hetero) is 1. The molecule has 0 aliphatic carbocycles. The fraction of sp³-hybridized carbons (Fsp3) is 0.750. The first-order valence-electron chi connectivity index (χ1n) is 3.93. The molecule has 0 atom stereocenters. The molecule has 0 aromatic heterocycles. The van der Waals surface area contributed by atoms with Crippen LogP contribution in [0.5, 0.6) is 0 Å². The molecule has 0 bridgehead atoms. The van der Waals surface area contributed by atoms with Gasteiger partial charge in [0.25, 0.3) is 5.91 Å². The van der Waals surface area contributed by atoms with Crippen LogP contribution in [0, 0.1) is 0 Å². The Kier molecular flexibility index (Phi) is 4.50. The molecule has 0 rings (SSSR count). The van der Waals surface area contributed by atoms with Gasteiger partial charge in [0.1, 0.15) is 0 Å². The molecule has 0 unspecified atom stereocenters. The third-order valence-corrected chi connectivity index (χ3v) is 1.46. The summed E-state index contributed by atoms with van der Waals surface area (Å²) >= 11 is 0. The summed E-state index contributed by atoms with van der Waals surface area (Å²) in [7, 11) is 0. The molecule has 0 aliphatic rings. The van der Waals surface area contributed by atoms with Gasteiger partial charge in [0.2, 0.25) is 5.78 Å². The minimum atomic E-state index is -0.375. The van der Waals surface area contributed by atoms with Crippen LogP contribution in [0.2, 0.25) is 0 Å². The van der Waals surface area contributed by atoms with Crippen LogP contribution in [0.1, 0.15) is 27.2 Å². The van der Waals surface area contributed by atoms with E-state index in [1.807, 2.05) is 13.8 Å². The molecule has 0 aromatic carbocycles. The smallest absolute Gasteiger partial charge is 0.289 e. The van der Waals surface area contributed by atoms with Crippen LogP contribution in [0.4, 0.5) is 0 Å². The lowest BCUT2D eigenvalue weighted by atomic mass is 10.3. The molecule has 1 amide bonds. The molecule has 0 saturated heterocycles. The van der Waals surface area contributed by atoms with E-state index in [0.29, 0.717) is 13.1 Å². The second-order valence-electron chi connectivity index (χ2n) is 2.44. The van der Waals surface area contributed by atoms with Gasteiger partial charge < -0.3 is 4.90 Å². The van der Waals surface area contributed by atoms with Crippen LogP contribution in [0.3, 0.4) is 0 Å². The maximum absolute atomic E-state index is 11.0. The largest absolute Gasteiger partial charge is 0.336 e. The van der Waals surface area contributed by atoms with Crippen LogP contribution in [-0.2, 0) is 9.59 Å². The fourth-order valence-corrected chi connectivity index (χ4v) is 0.896. The van der Waals surface area contributed by atoms with Gasteiger partial charge in [-0.1, -0.05) is 6.92 Å². The summed E-state index contributed by atoms with van der Waals surface area (Å²) < 4.78 is 0. The topological polar surface area (TPSA) is 37.4 Å².